The number of carbonyl (C=O) groups is 1. The van der Waals surface area contributed by atoms with Gasteiger partial charge < -0.3 is 25.1 Å². The molecule has 0 saturated carbocycles. The molecular weight excluding hydrogens is 414 g/mol. The lowest BCUT2D eigenvalue weighted by atomic mass is 9.90. The number of hydrogen-bond donors (Lipinski definition) is 3. The number of aryl methyl sites for hydroxylation is 2. The molecule has 6 nitrogen and oxygen atoms in total. The van der Waals surface area contributed by atoms with E-state index >= 15 is 0 Å². The Hall–Kier alpha value is -3.93. The highest BCUT2D eigenvalue weighted by atomic mass is 16.5. The number of anilines is 1. The summed E-state index contributed by atoms with van der Waals surface area (Å²) in [6.07, 6.45) is 2.01. The van der Waals surface area contributed by atoms with Crippen molar-refractivity contribution in [3.8, 4) is 11.5 Å². The average molecular weight is 444 g/mol. The first kappa shape index (κ1) is 22.3. The van der Waals surface area contributed by atoms with E-state index in [4.69, 9.17) is 9.47 Å². The molecule has 0 radical (unpaired) electrons. The summed E-state index contributed by atoms with van der Waals surface area (Å²) in [5, 5.41) is 7.10. The van der Waals surface area contributed by atoms with Gasteiger partial charge in [-0.05, 0) is 66.4 Å². The summed E-state index contributed by atoms with van der Waals surface area (Å²) in [4.78, 5) is 16.1. The van der Waals surface area contributed by atoms with Crippen molar-refractivity contribution in [2.24, 2.45) is 0 Å². The molecule has 0 saturated heterocycles. The lowest BCUT2D eigenvalue weighted by Crippen LogP contribution is -2.32. The second kappa shape index (κ2) is 9.69. The lowest BCUT2D eigenvalue weighted by molar-refractivity contribution is 0.252. The maximum absolute atomic E-state index is 12.7. The number of aromatic amines is 1. The topological polar surface area (TPSA) is 75.4 Å². The largest absolute Gasteiger partial charge is 0.493 e. The van der Waals surface area contributed by atoms with Gasteiger partial charge in [0.2, 0.25) is 0 Å². The predicted molar refractivity (Wildman–Crippen MR) is 133 cm³/mol. The summed E-state index contributed by atoms with van der Waals surface area (Å²) in [5.41, 5.74) is 6.26. The highest BCUT2D eigenvalue weighted by molar-refractivity contribution is 5.89. The summed E-state index contributed by atoms with van der Waals surface area (Å²) in [5.74, 6) is 1.23. The van der Waals surface area contributed by atoms with Gasteiger partial charge >= 0.3 is 6.03 Å². The van der Waals surface area contributed by atoms with Gasteiger partial charge in [-0.25, -0.2) is 4.79 Å². The van der Waals surface area contributed by atoms with Crippen LogP contribution in [0.25, 0.3) is 10.9 Å². The summed E-state index contributed by atoms with van der Waals surface area (Å²) in [7, 11) is 3.24. The number of ether oxygens (including phenoxy) is 2. The molecule has 6 heteroatoms. The molecule has 3 N–H and O–H groups in total. The highest BCUT2D eigenvalue weighted by Crippen LogP contribution is 2.35. The zero-order chi connectivity index (χ0) is 23.4. The summed E-state index contributed by atoms with van der Waals surface area (Å²) >= 11 is 0. The number of para-hydroxylation sites is 1. The van der Waals surface area contributed by atoms with E-state index in [0.717, 1.165) is 33.3 Å². The number of fused-ring (bicyclic) bond motifs is 1. The monoisotopic (exact) mass is 443 g/mol. The molecule has 0 aliphatic carbocycles. The van der Waals surface area contributed by atoms with E-state index in [1.807, 2.05) is 74.6 Å². The van der Waals surface area contributed by atoms with Crippen molar-refractivity contribution >= 4 is 22.6 Å². The maximum atomic E-state index is 12.7. The van der Waals surface area contributed by atoms with Crippen LogP contribution in [0.4, 0.5) is 10.5 Å². The van der Waals surface area contributed by atoms with Crippen LogP contribution < -0.4 is 20.1 Å². The Kier molecular flexibility index (Phi) is 6.54. The first-order chi connectivity index (χ1) is 16.0. The van der Waals surface area contributed by atoms with Crippen LogP contribution in [0.5, 0.6) is 11.5 Å². The van der Waals surface area contributed by atoms with Crippen LogP contribution in [-0.4, -0.2) is 31.8 Å². The summed E-state index contributed by atoms with van der Waals surface area (Å²) in [6, 6.07) is 19.7. The van der Waals surface area contributed by atoms with Crippen molar-refractivity contribution in [3.63, 3.8) is 0 Å². The van der Waals surface area contributed by atoms with Gasteiger partial charge in [-0.15, -0.1) is 0 Å². The molecule has 4 rings (SSSR count). The standard InChI is InChI=1S/C27H29N3O3/c1-17-9-11-20(13-18(17)2)30-27(31)29-15-22(19-10-12-25(32-3)26(14-19)33-4)23-16-28-24-8-6-5-7-21(23)24/h5-14,16,22,28H,15H2,1-4H3,(H2,29,30,31). The zero-order valence-electron chi connectivity index (χ0n) is 19.4. The first-order valence-electron chi connectivity index (χ1n) is 10.9. The molecule has 33 heavy (non-hydrogen) atoms. The number of methoxy groups -OCH3 is 2. The minimum Gasteiger partial charge on any atom is -0.493 e. The zero-order valence-corrected chi connectivity index (χ0v) is 19.4. The van der Waals surface area contributed by atoms with Gasteiger partial charge in [0.1, 0.15) is 0 Å². The van der Waals surface area contributed by atoms with E-state index in [2.05, 4.69) is 21.7 Å². The Balaban J connectivity index is 1.62. The lowest BCUT2D eigenvalue weighted by Gasteiger charge is -2.20. The fourth-order valence-corrected chi connectivity index (χ4v) is 4.05. The van der Waals surface area contributed by atoms with Gasteiger partial charge in [0.05, 0.1) is 14.2 Å². The first-order valence-corrected chi connectivity index (χ1v) is 10.9. The van der Waals surface area contributed by atoms with E-state index < -0.39 is 0 Å². The maximum Gasteiger partial charge on any atom is 0.319 e. The van der Waals surface area contributed by atoms with E-state index in [0.29, 0.717) is 18.0 Å². The van der Waals surface area contributed by atoms with Crippen LogP contribution in [0, 0.1) is 13.8 Å². The Bertz CT molecular complexity index is 1280. The van der Waals surface area contributed by atoms with Crippen LogP contribution in [-0.2, 0) is 0 Å². The number of benzene rings is 3. The van der Waals surface area contributed by atoms with Gasteiger partial charge in [0, 0.05) is 35.2 Å². The second-order valence-electron chi connectivity index (χ2n) is 8.09. The molecular formula is C27H29N3O3. The third-order valence-corrected chi connectivity index (χ3v) is 6.04. The smallest absolute Gasteiger partial charge is 0.319 e. The van der Waals surface area contributed by atoms with Gasteiger partial charge in [-0.1, -0.05) is 30.3 Å². The van der Waals surface area contributed by atoms with Crippen LogP contribution >= 0.6 is 0 Å². The molecule has 1 heterocycles. The normalized spacial score (nSPS) is 11.8. The number of urea groups is 1. The number of hydrogen-bond acceptors (Lipinski definition) is 3. The van der Waals surface area contributed by atoms with Crippen molar-refractivity contribution in [2.45, 2.75) is 19.8 Å². The Morgan fingerprint density at radius 3 is 2.48 bits per heavy atom. The van der Waals surface area contributed by atoms with Crippen molar-refractivity contribution in [1.82, 2.24) is 10.3 Å². The second-order valence-corrected chi connectivity index (χ2v) is 8.09. The van der Waals surface area contributed by atoms with E-state index in [-0.39, 0.29) is 11.9 Å². The molecule has 0 bridgehead atoms. The molecule has 3 aromatic carbocycles. The van der Waals surface area contributed by atoms with Gasteiger partial charge in [-0.2, -0.15) is 0 Å². The fraction of sp³-hybridized carbons (Fsp3) is 0.222. The highest BCUT2D eigenvalue weighted by Gasteiger charge is 2.21. The summed E-state index contributed by atoms with van der Waals surface area (Å²) in [6.45, 7) is 4.49. The molecule has 2 amide bonds. The minimum atomic E-state index is -0.247. The Morgan fingerprint density at radius 1 is 0.939 bits per heavy atom. The molecule has 1 unspecified atom stereocenters. The van der Waals surface area contributed by atoms with Gasteiger partial charge in [0.25, 0.3) is 0 Å². The molecule has 0 fully saturated rings. The van der Waals surface area contributed by atoms with Crippen LogP contribution in [0.1, 0.15) is 28.2 Å². The van der Waals surface area contributed by atoms with E-state index in [1.165, 1.54) is 5.56 Å². The van der Waals surface area contributed by atoms with Gasteiger partial charge in [0.15, 0.2) is 11.5 Å². The number of H-pyrrole nitrogens is 1. The number of rotatable bonds is 7. The Morgan fingerprint density at radius 2 is 1.73 bits per heavy atom. The molecule has 1 atom stereocenters. The molecule has 0 spiro atoms. The van der Waals surface area contributed by atoms with Crippen molar-refractivity contribution in [1.29, 1.82) is 0 Å². The van der Waals surface area contributed by atoms with Crippen molar-refractivity contribution < 1.29 is 14.3 Å². The fourth-order valence-electron chi connectivity index (χ4n) is 4.05. The average Bonchev–Trinajstić information content (AvgIpc) is 3.25. The SMILES string of the molecule is COc1ccc(C(CNC(=O)Nc2ccc(C)c(C)c2)c2c[nH]c3ccccc23)cc1OC. The molecule has 0 aliphatic rings. The third kappa shape index (κ3) is 4.80. The van der Waals surface area contributed by atoms with E-state index in [9.17, 15) is 4.79 Å². The van der Waals surface area contributed by atoms with Crippen LogP contribution in [0.3, 0.4) is 0 Å². The third-order valence-electron chi connectivity index (χ3n) is 6.04. The van der Waals surface area contributed by atoms with Gasteiger partial charge in [-0.3, -0.25) is 0 Å². The van der Waals surface area contributed by atoms with E-state index in [1.54, 1.807) is 14.2 Å². The quantitative estimate of drug-likeness (QED) is 0.340. The van der Waals surface area contributed by atoms with Crippen molar-refractivity contribution in [2.75, 3.05) is 26.1 Å². The predicted octanol–water partition coefficient (Wildman–Crippen LogP) is 5.76. The number of amides is 2. The molecule has 170 valence electrons. The van der Waals surface area contributed by atoms with Crippen LogP contribution in [0.15, 0.2) is 66.9 Å². The molecule has 1 aromatic heterocycles. The van der Waals surface area contributed by atoms with Crippen molar-refractivity contribution in [3.05, 3.63) is 89.1 Å². The number of carbonyl (C=O) groups excluding carboxylic acids is 1. The number of nitrogens with one attached hydrogen (secondary N) is 3. The molecule has 4 aromatic rings. The number of aromatic nitrogens is 1. The Labute approximate surface area is 193 Å². The molecule has 0 aliphatic heterocycles. The minimum absolute atomic E-state index is 0.0912. The van der Waals surface area contributed by atoms with Crippen LogP contribution in [0.2, 0.25) is 0 Å². The summed E-state index contributed by atoms with van der Waals surface area (Å²) < 4.78 is 10.9.